The fourth-order valence-corrected chi connectivity index (χ4v) is 1.84. The van der Waals surface area contributed by atoms with Crippen LogP contribution in [0, 0.1) is 10.1 Å². The van der Waals surface area contributed by atoms with E-state index in [4.69, 9.17) is 15.2 Å². The van der Waals surface area contributed by atoms with Crippen molar-refractivity contribution in [2.45, 2.75) is 18.9 Å². The highest BCUT2D eigenvalue weighted by Gasteiger charge is 2.50. The molecule has 8 nitrogen and oxygen atoms in total. The van der Waals surface area contributed by atoms with Gasteiger partial charge in [-0.05, 0) is 13.0 Å². The molecular formula is C13H16F2N2O6. The fraction of sp³-hybridized carbons (Fsp3) is 0.462. The first-order valence-corrected chi connectivity index (χ1v) is 6.41. The Hall–Kier alpha value is -2.49. The summed E-state index contributed by atoms with van der Waals surface area (Å²) in [5, 5.41) is 11.1. The van der Waals surface area contributed by atoms with Gasteiger partial charge >= 0.3 is 11.9 Å². The van der Waals surface area contributed by atoms with Gasteiger partial charge in [-0.25, -0.2) is 4.79 Å². The molecule has 0 aliphatic carbocycles. The number of methoxy groups -OCH3 is 2. The zero-order valence-electron chi connectivity index (χ0n) is 12.7. The predicted octanol–water partition coefficient (Wildman–Crippen LogP) is 1.81. The summed E-state index contributed by atoms with van der Waals surface area (Å²) in [6, 6.07) is -0.453. The molecule has 0 radical (unpaired) electrons. The molecule has 0 aliphatic rings. The Morgan fingerprint density at radius 1 is 1.35 bits per heavy atom. The Balaban J connectivity index is 3.44. The van der Waals surface area contributed by atoms with Gasteiger partial charge in [0.05, 0.1) is 37.4 Å². The first-order chi connectivity index (χ1) is 10.7. The van der Waals surface area contributed by atoms with E-state index in [-0.39, 0.29) is 18.1 Å². The minimum atomic E-state index is -4.15. The summed E-state index contributed by atoms with van der Waals surface area (Å²) in [7, 11) is 2.46. The predicted molar refractivity (Wildman–Crippen MR) is 74.7 cm³/mol. The van der Waals surface area contributed by atoms with Gasteiger partial charge in [0.2, 0.25) is 0 Å². The first-order valence-electron chi connectivity index (χ1n) is 6.41. The standard InChI is InChI=1S/C13H16F2N2O6/c1-4-23-12(18)13(14,15)11(16)7-5-9(21-2)10(22-3)6-8(7)17(19)20/h5-6,11H,4,16H2,1-3H3/t11-/m1/s1. The van der Waals surface area contributed by atoms with E-state index in [1.54, 1.807) is 0 Å². The van der Waals surface area contributed by atoms with Gasteiger partial charge in [0.1, 0.15) is 6.04 Å². The average Bonchev–Trinajstić information content (AvgIpc) is 2.52. The van der Waals surface area contributed by atoms with Gasteiger partial charge in [-0.3, -0.25) is 10.1 Å². The monoisotopic (exact) mass is 334 g/mol. The number of hydrogen-bond donors (Lipinski definition) is 1. The summed E-state index contributed by atoms with van der Waals surface area (Å²) >= 11 is 0. The van der Waals surface area contributed by atoms with Gasteiger partial charge < -0.3 is 19.9 Å². The molecule has 1 atom stereocenters. The zero-order chi connectivity index (χ0) is 17.8. The second-order valence-electron chi connectivity index (χ2n) is 4.34. The second kappa shape index (κ2) is 7.18. The Morgan fingerprint density at radius 3 is 2.30 bits per heavy atom. The molecule has 128 valence electrons. The Labute approximate surface area is 130 Å². The number of halogens is 2. The van der Waals surface area contributed by atoms with E-state index in [2.05, 4.69) is 4.74 Å². The Kier molecular flexibility index (Phi) is 5.79. The molecule has 10 heteroatoms. The fourth-order valence-electron chi connectivity index (χ4n) is 1.84. The molecule has 1 rings (SSSR count). The third-order valence-electron chi connectivity index (χ3n) is 3.00. The summed E-state index contributed by atoms with van der Waals surface area (Å²) < 4.78 is 42.2. The molecule has 0 aliphatic heterocycles. The van der Waals surface area contributed by atoms with Gasteiger partial charge in [0.25, 0.3) is 5.69 Å². The van der Waals surface area contributed by atoms with Crippen LogP contribution in [0.4, 0.5) is 14.5 Å². The van der Waals surface area contributed by atoms with Gasteiger partial charge in [-0.2, -0.15) is 8.78 Å². The van der Waals surface area contributed by atoms with Crippen molar-refractivity contribution >= 4 is 11.7 Å². The van der Waals surface area contributed by atoms with Crippen LogP contribution in [0.2, 0.25) is 0 Å². The lowest BCUT2D eigenvalue weighted by molar-refractivity contribution is -0.386. The number of hydrogen-bond acceptors (Lipinski definition) is 7. The molecule has 23 heavy (non-hydrogen) atoms. The molecule has 0 saturated heterocycles. The van der Waals surface area contributed by atoms with Crippen molar-refractivity contribution < 1.29 is 32.7 Å². The normalized spacial score (nSPS) is 12.4. The van der Waals surface area contributed by atoms with Crippen molar-refractivity contribution in [1.29, 1.82) is 0 Å². The SMILES string of the molecule is CCOC(=O)C(F)(F)[C@H](N)c1cc(OC)c(OC)cc1[N+](=O)[O-]. The van der Waals surface area contributed by atoms with Crippen LogP contribution >= 0.6 is 0 Å². The molecule has 1 aromatic carbocycles. The summed E-state index contributed by atoms with van der Waals surface area (Å²) in [5.41, 5.74) is 4.10. The molecule has 2 N–H and O–H groups in total. The molecule has 0 spiro atoms. The van der Waals surface area contributed by atoms with E-state index < -0.39 is 34.1 Å². The third-order valence-corrected chi connectivity index (χ3v) is 3.00. The number of carbonyl (C=O) groups excluding carboxylic acids is 1. The van der Waals surface area contributed by atoms with Crippen molar-refractivity contribution in [2.24, 2.45) is 5.73 Å². The number of carbonyl (C=O) groups is 1. The number of nitro benzene ring substituents is 1. The third kappa shape index (κ3) is 3.65. The van der Waals surface area contributed by atoms with Crippen molar-refractivity contribution in [2.75, 3.05) is 20.8 Å². The van der Waals surface area contributed by atoms with E-state index in [1.165, 1.54) is 21.1 Å². The lowest BCUT2D eigenvalue weighted by Gasteiger charge is -2.22. The van der Waals surface area contributed by atoms with Crippen LogP contribution in [-0.4, -0.2) is 37.6 Å². The van der Waals surface area contributed by atoms with E-state index >= 15 is 0 Å². The van der Waals surface area contributed by atoms with Crippen LogP contribution in [0.1, 0.15) is 18.5 Å². The Morgan fingerprint density at radius 2 is 1.87 bits per heavy atom. The van der Waals surface area contributed by atoms with E-state index in [0.29, 0.717) is 0 Å². The number of benzene rings is 1. The molecule has 1 aromatic rings. The van der Waals surface area contributed by atoms with E-state index in [9.17, 15) is 23.7 Å². The number of nitrogens with zero attached hydrogens (tertiary/aromatic N) is 1. The van der Waals surface area contributed by atoms with Gasteiger partial charge in [0, 0.05) is 0 Å². The first kappa shape index (κ1) is 18.6. The molecule has 0 amide bonds. The number of ether oxygens (including phenoxy) is 3. The lowest BCUT2D eigenvalue weighted by atomic mass is 9.98. The van der Waals surface area contributed by atoms with Crippen LogP contribution in [0.15, 0.2) is 12.1 Å². The van der Waals surface area contributed by atoms with E-state index in [1.807, 2.05) is 0 Å². The topological polar surface area (TPSA) is 114 Å². The van der Waals surface area contributed by atoms with Crippen LogP contribution in [0.3, 0.4) is 0 Å². The van der Waals surface area contributed by atoms with Crippen molar-refractivity contribution in [3.63, 3.8) is 0 Å². The largest absolute Gasteiger partial charge is 0.493 e. The van der Waals surface area contributed by atoms with Gasteiger partial charge in [0.15, 0.2) is 11.5 Å². The van der Waals surface area contributed by atoms with Crippen LogP contribution < -0.4 is 15.2 Å². The van der Waals surface area contributed by atoms with Gasteiger partial charge in [-0.15, -0.1) is 0 Å². The average molecular weight is 334 g/mol. The summed E-state index contributed by atoms with van der Waals surface area (Å²) in [6.07, 6.45) is 0. The number of alkyl halides is 2. The number of nitro groups is 1. The number of esters is 1. The number of nitrogens with two attached hydrogens (primary N) is 1. The summed E-state index contributed by atoms with van der Waals surface area (Å²) in [4.78, 5) is 21.6. The lowest BCUT2D eigenvalue weighted by Crippen LogP contribution is -2.42. The maximum Gasteiger partial charge on any atom is 0.379 e. The molecule has 0 saturated carbocycles. The quantitative estimate of drug-likeness (QED) is 0.459. The maximum absolute atomic E-state index is 14.1. The highest BCUT2D eigenvalue weighted by atomic mass is 19.3. The Bertz CT molecular complexity index is 608. The summed E-state index contributed by atoms with van der Waals surface area (Å²) in [5.74, 6) is -6.09. The molecular weight excluding hydrogens is 318 g/mol. The summed E-state index contributed by atoms with van der Waals surface area (Å²) in [6.45, 7) is 1.06. The second-order valence-corrected chi connectivity index (χ2v) is 4.34. The maximum atomic E-state index is 14.1. The van der Waals surface area contributed by atoms with Crippen molar-refractivity contribution in [3.8, 4) is 11.5 Å². The van der Waals surface area contributed by atoms with Crippen molar-refractivity contribution in [3.05, 3.63) is 27.8 Å². The molecule has 0 heterocycles. The smallest absolute Gasteiger partial charge is 0.379 e. The van der Waals surface area contributed by atoms with Gasteiger partial charge in [-0.1, -0.05) is 0 Å². The zero-order valence-corrected chi connectivity index (χ0v) is 12.7. The van der Waals surface area contributed by atoms with Crippen molar-refractivity contribution in [1.82, 2.24) is 0 Å². The minimum absolute atomic E-state index is 0.0328. The van der Waals surface area contributed by atoms with Crippen LogP contribution in [0.25, 0.3) is 0 Å². The highest BCUT2D eigenvalue weighted by molar-refractivity contribution is 5.79. The number of rotatable bonds is 7. The molecule has 0 bridgehead atoms. The van der Waals surface area contributed by atoms with Crippen LogP contribution in [-0.2, 0) is 9.53 Å². The molecule has 0 unspecified atom stereocenters. The molecule has 0 aromatic heterocycles. The van der Waals surface area contributed by atoms with E-state index in [0.717, 1.165) is 12.1 Å². The molecule has 0 fully saturated rings. The van der Waals surface area contributed by atoms with Crippen LogP contribution in [0.5, 0.6) is 11.5 Å². The highest BCUT2D eigenvalue weighted by Crippen LogP contribution is 2.41. The minimum Gasteiger partial charge on any atom is -0.493 e.